The zero-order valence-corrected chi connectivity index (χ0v) is 18.8. The highest BCUT2D eigenvalue weighted by atomic mass is 35.5. The van der Waals surface area contributed by atoms with Crippen LogP contribution in [0.4, 0.5) is 0 Å². The Bertz CT molecular complexity index is 1230. The number of halogens is 1. The van der Waals surface area contributed by atoms with Crippen molar-refractivity contribution in [3.05, 3.63) is 82.3 Å². The van der Waals surface area contributed by atoms with E-state index in [9.17, 15) is 0 Å². The number of nitrogens with one attached hydrogen (secondary N) is 2. The molecule has 10 heteroatoms. The monoisotopic (exact) mass is 468 g/mol. The Kier molecular flexibility index (Phi) is 7.13. The van der Waals surface area contributed by atoms with E-state index < -0.39 is 6.04 Å². The molecule has 0 saturated heterocycles. The summed E-state index contributed by atoms with van der Waals surface area (Å²) in [6.45, 7) is 2.66. The molecule has 1 atom stereocenters. The fourth-order valence-electron chi connectivity index (χ4n) is 3.32. The van der Waals surface area contributed by atoms with Gasteiger partial charge in [0.15, 0.2) is 6.79 Å². The van der Waals surface area contributed by atoms with E-state index >= 15 is 0 Å². The summed E-state index contributed by atoms with van der Waals surface area (Å²) in [5, 5.41) is 12.3. The number of aromatic amines is 2. The standard InChI is InChI=1S/C23H25ClN6O3/c1-2-31-13-33-23-21(28-30-29-23)19(25)20(26)22(32-12-14-7-9-15(24)10-8-14)17-11-27-18-6-4-3-5-16(17)18/h3-11,19,27H,2,12-13,25-26H2,1H3,(H,28,29,30). The first-order valence-corrected chi connectivity index (χ1v) is 10.8. The van der Waals surface area contributed by atoms with Gasteiger partial charge in [-0.3, -0.25) is 0 Å². The molecule has 6 N–H and O–H groups in total. The largest absolute Gasteiger partial charge is 0.486 e. The van der Waals surface area contributed by atoms with Gasteiger partial charge in [-0.2, -0.15) is 10.3 Å². The SMILES string of the molecule is CCOCOc1n[nH]nc1C(N)C(N)=C(OCc1ccc(Cl)cc1)c1c[nH]c2ccccc12. The van der Waals surface area contributed by atoms with Gasteiger partial charge in [-0.1, -0.05) is 41.9 Å². The van der Waals surface area contributed by atoms with Crippen molar-refractivity contribution in [3.8, 4) is 5.88 Å². The molecular weight excluding hydrogens is 444 g/mol. The second kappa shape index (κ2) is 10.4. The molecule has 0 fully saturated rings. The van der Waals surface area contributed by atoms with Crippen LogP contribution in [-0.2, 0) is 16.1 Å². The first kappa shape index (κ1) is 22.7. The summed E-state index contributed by atoms with van der Waals surface area (Å²) in [5.74, 6) is 0.656. The number of hydrogen-bond acceptors (Lipinski definition) is 7. The lowest BCUT2D eigenvalue weighted by atomic mass is 10.1. The average Bonchev–Trinajstić information content (AvgIpc) is 3.47. The van der Waals surface area contributed by atoms with Gasteiger partial charge in [0.1, 0.15) is 18.1 Å². The number of hydrogen-bond donors (Lipinski definition) is 4. The van der Waals surface area contributed by atoms with E-state index in [4.69, 9.17) is 37.3 Å². The summed E-state index contributed by atoms with van der Waals surface area (Å²) in [6, 6.07) is 14.4. The first-order valence-electron chi connectivity index (χ1n) is 10.4. The highest BCUT2D eigenvalue weighted by Gasteiger charge is 2.25. The van der Waals surface area contributed by atoms with Gasteiger partial charge >= 0.3 is 0 Å². The number of rotatable bonds is 10. The lowest BCUT2D eigenvalue weighted by molar-refractivity contribution is 0.0189. The molecule has 0 bridgehead atoms. The highest BCUT2D eigenvalue weighted by molar-refractivity contribution is 6.30. The van der Waals surface area contributed by atoms with Crippen molar-refractivity contribution < 1.29 is 14.2 Å². The van der Waals surface area contributed by atoms with Crippen LogP contribution in [0.15, 0.2) is 60.4 Å². The summed E-state index contributed by atoms with van der Waals surface area (Å²) in [7, 11) is 0. The Labute approximate surface area is 195 Å². The van der Waals surface area contributed by atoms with Crippen LogP contribution in [0.3, 0.4) is 0 Å². The van der Waals surface area contributed by atoms with Crippen LogP contribution >= 0.6 is 11.6 Å². The second-order valence-electron chi connectivity index (χ2n) is 7.19. The van der Waals surface area contributed by atoms with E-state index in [1.54, 1.807) is 0 Å². The minimum absolute atomic E-state index is 0.0226. The van der Waals surface area contributed by atoms with Crippen molar-refractivity contribution in [1.29, 1.82) is 0 Å². The topological polar surface area (TPSA) is 137 Å². The highest BCUT2D eigenvalue weighted by Crippen LogP contribution is 2.32. The maximum atomic E-state index is 6.57. The Morgan fingerprint density at radius 2 is 1.91 bits per heavy atom. The Morgan fingerprint density at radius 1 is 1.12 bits per heavy atom. The maximum Gasteiger partial charge on any atom is 0.260 e. The molecular formula is C23H25ClN6O3. The molecule has 0 radical (unpaired) electrons. The third-order valence-electron chi connectivity index (χ3n) is 5.05. The van der Waals surface area contributed by atoms with Crippen LogP contribution in [0, 0.1) is 0 Å². The molecule has 0 aliphatic rings. The smallest absolute Gasteiger partial charge is 0.260 e. The van der Waals surface area contributed by atoms with Crippen LogP contribution in [0.5, 0.6) is 5.88 Å². The van der Waals surface area contributed by atoms with Crippen LogP contribution in [0.1, 0.15) is 29.8 Å². The molecule has 33 heavy (non-hydrogen) atoms. The minimum atomic E-state index is -0.839. The van der Waals surface area contributed by atoms with E-state index in [1.807, 2.05) is 61.7 Å². The Balaban J connectivity index is 1.69. The number of ether oxygens (including phenoxy) is 3. The van der Waals surface area contributed by atoms with E-state index in [0.29, 0.717) is 23.1 Å². The predicted octanol–water partition coefficient (Wildman–Crippen LogP) is 3.86. The molecule has 9 nitrogen and oxygen atoms in total. The zero-order chi connectivity index (χ0) is 23.2. The number of H-pyrrole nitrogens is 2. The van der Waals surface area contributed by atoms with Crippen LogP contribution in [0.2, 0.25) is 5.02 Å². The molecule has 1 unspecified atom stereocenters. The van der Waals surface area contributed by atoms with Crippen molar-refractivity contribution in [3.63, 3.8) is 0 Å². The van der Waals surface area contributed by atoms with Crippen molar-refractivity contribution >= 4 is 28.3 Å². The van der Waals surface area contributed by atoms with Gasteiger partial charge < -0.3 is 30.7 Å². The van der Waals surface area contributed by atoms with Gasteiger partial charge in [-0.15, -0.1) is 5.10 Å². The quantitative estimate of drug-likeness (QED) is 0.157. The number of nitrogens with zero attached hydrogens (tertiary/aromatic N) is 2. The number of nitrogens with two attached hydrogens (primary N) is 2. The van der Waals surface area contributed by atoms with Crippen molar-refractivity contribution in [2.45, 2.75) is 19.6 Å². The first-order chi connectivity index (χ1) is 16.1. The van der Waals surface area contributed by atoms with Crippen molar-refractivity contribution in [2.75, 3.05) is 13.4 Å². The molecule has 4 rings (SSSR count). The van der Waals surface area contributed by atoms with Crippen LogP contribution in [-0.4, -0.2) is 33.8 Å². The molecule has 0 amide bonds. The van der Waals surface area contributed by atoms with Crippen LogP contribution in [0.25, 0.3) is 16.7 Å². The summed E-state index contributed by atoms with van der Waals surface area (Å²) in [4.78, 5) is 3.25. The summed E-state index contributed by atoms with van der Waals surface area (Å²) in [5.41, 5.74) is 16.4. The van der Waals surface area contributed by atoms with Gasteiger partial charge in [0.25, 0.3) is 5.88 Å². The molecule has 2 aromatic heterocycles. The number of benzene rings is 2. The number of aromatic nitrogens is 4. The number of fused-ring (bicyclic) bond motifs is 1. The predicted molar refractivity (Wildman–Crippen MR) is 126 cm³/mol. The molecule has 0 aliphatic heterocycles. The summed E-state index contributed by atoms with van der Waals surface area (Å²) >= 11 is 6.00. The third kappa shape index (κ3) is 5.11. The van der Waals surface area contributed by atoms with Crippen molar-refractivity contribution in [1.82, 2.24) is 20.4 Å². The van der Waals surface area contributed by atoms with Gasteiger partial charge in [0, 0.05) is 34.3 Å². The van der Waals surface area contributed by atoms with E-state index in [0.717, 1.165) is 22.0 Å². The molecule has 4 aromatic rings. The molecule has 0 aliphatic carbocycles. The number of para-hydroxylation sites is 1. The molecule has 2 heterocycles. The third-order valence-corrected chi connectivity index (χ3v) is 5.30. The summed E-state index contributed by atoms with van der Waals surface area (Å²) in [6.07, 6.45) is 1.84. The second-order valence-corrected chi connectivity index (χ2v) is 7.63. The lowest BCUT2D eigenvalue weighted by Gasteiger charge is -2.18. The van der Waals surface area contributed by atoms with Gasteiger partial charge in [0.05, 0.1) is 11.7 Å². The fourth-order valence-corrected chi connectivity index (χ4v) is 3.45. The fraction of sp³-hybridized carbons (Fsp3) is 0.217. The van der Waals surface area contributed by atoms with Crippen molar-refractivity contribution in [2.24, 2.45) is 11.5 Å². The van der Waals surface area contributed by atoms with Crippen LogP contribution < -0.4 is 16.2 Å². The normalized spacial score (nSPS) is 13.1. The van der Waals surface area contributed by atoms with E-state index in [1.165, 1.54) is 0 Å². The Hall–Kier alpha value is -3.53. The van der Waals surface area contributed by atoms with Gasteiger partial charge in [0.2, 0.25) is 0 Å². The van der Waals surface area contributed by atoms with E-state index in [-0.39, 0.29) is 25.0 Å². The maximum absolute atomic E-state index is 6.57. The molecule has 2 aromatic carbocycles. The minimum Gasteiger partial charge on any atom is -0.486 e. The van der Waals surface area contributed by atoms with Gasteiger partial charge in [-0.25, -0.2) is 0 Å². The lowest BCUT2D eigenvalue weighted by Crippen LogP contribution is -2.22. The molecule has 0 saturated carbocycles. The van der Waals surface area contributed by atoms with Gasteiger partial charge in [-0.05, 0) is 30.7 Å². The average molecular weight is 469 g/mol. The molecule has 172 valence electrons. The Morgan fingerprint density at radius 3 is 2.70 bits per heavy atom. The summed E-state index contributed by atoms with van der Waals surface area (Å²) < 4.78 is 17.0. The zero-order valence-electron chi connectivity index (χ0n) is 18.0. The van der Waals surface area contributed by atoms with E-state index in [2.05, 4.69) is 20.4 Å². The molecule has 0 spiro atoms.